The zero-order chi connectivity index (χ0) is 19.7. The van der Waals surface area contributed by atoms with Crippen molar-refractivity contribution in [1.82, 2.24) is 10.2 Å². The normalized spacial score (nSPS) is 13.4. The molecule has 1 saturated carbocycles. The largest absolute Gasteiger partial charge is 0.497 e. The zero-order valence-corrected chi connectivity index (χ0v) is 16.5. The van der Waals surface area contributed by atoms with Crippen LogP contribution in [0, 0.1) is 13.8 Å². The Morgan fingerprint density at radius 1 is 1.21 bits per heavy atom. The third-order valence-corrected chi connectivity index (χ3v) is 5.18. The summed E-state index contributed by atoms with van der Waals surface area (Å²) in [6, 6.07) is 13.9. The lowest BCUT2D eigenvalue weighted by molar-refractivity contribution is -0.115. The minimum Gasteiger partial charge on any atom is -0.497 e. The zero-order valence-electron chi connectivity index (χ0n) is 16.5. The van der Waals surface area contributed by atoms with Crippen LogP contribution < -0.4 is 10.1 Å². The number of nitrogens with one attached hydrogen (secondary N) is 2. The Morgan fingerprint density at radius 3 is 2.75 bits per heavy atom. The molecule has 1 amide bonds. The van der Waals surface area contributed by atoms with E-state index in [9.17, 15) is 4.79 Å². The van der Waals surface area contributed by atoms with E-state index in [1.165, 1.54) is 5.56 Å². The predicted octanol–water partition coefficient (Wildman–Crippen LogP) is 4.76. The van der Waals surface area contributed by atoms with Crippen LogP contribution in [0.1, 0.15) is 41.1 Å². The third kappa shape index (κ3) is 3.79. The van der Waals surface area contributed by atoms with Gasteiger partial charge in [0.15, 0.2) is 0 Å². The summed E-state index contributed by atoms with van der Waals surface area (Å²) in [4.78, 5) is 12.8. The van der Waals surface area contributed by atoms with Gasteiger partial charge in [-0.3, -0.25) is 9.89 Å². The maximum absolute atomic E-state index is 12.8. The summed E-state index contributed by atoms with van der Waals surface area (Å²) in [6.45, 7) is 4.16. The van der Waals surface area contributed by atoms with E-state index in [1.54, 1.807) is 7.11 Å². The fraction of sp³-hybridized carbons (Fsp3) is 0.304. The number of carbonyl (C=O) groups is 1. The molecular formula is C23H25N3O2. The second kappa shape index (κ2) is 7.50. The molecule has 1 fully saturated rings. The number of H-pyrrole nitrogens is 1. The monoisotopic (exact) mass is 375 g/mol. The number of methoxy groups -OCH3 is 1. The van der Waals surface area contributed by atoms with Crippen LogP contribution in [-0.4, -0.2) is 23.2 Å². The molecule has 4 rings (SSSR count). The minimum atomic E-state index is -0.0532. The second-order valence-corrected chi connectivity index (χ2v) is 7.53. The Bertz CT molecular complexity index is 1020. The first-order valence-electron chi connectivity index (χ1n) is 9.64. The molecule has 0 radical (unpaired) electrons. The second-order valence-electron chi connectivity index (χ2n) is 7.53. The number of aromatic nitrogens is 2. The van der Waals surface area contributed by atoms with E-state index in [-0.39, 0.29) is 5.91 Å². The standard InChI is InChI=1S/C23H25N3O2/c1-14-7-10-19(15(2)11-14)22-23(21(25-26-22)17-8-9-17)24-20(27)13-16-5-4-6-18(12-16)28-3/h4-7,10-12,17H,8-9,13H2,1-3H3,(H,24,27)(H,25,26). The number of benzene rings is 2. The number of nitrogens with zero attached hydrogens (tertiary/aromatic N) is 1. The van der Waals surface area contributed by atoms with Crippen molar-refractivity contribution >= 4 is 11.6 Å². The van der Waals surface area contributed by atoms with Crippen LogP contribution >= 0.6 is 0 Å². The smallest absolute Gasteiger partial charge is 0.228 e. The Morgan fingerprint density at radius 2 is 2.04 bits per heavy atom. The van der Waals surface area contributed by atoms with Gasteiger partial charge in [0.05, 0.1) is 24.9 Å². The minimum absolute atomic E-state index is 0.0532. The van der Waals surface area contributed by atoms with Crippen molar-refractivity contribution in [3.05, 3.63) is 64.8 Å². The summed E-state index contributed by atoms with van der Waals surface area (Å²) in [5.74, 6) is 1.16. The highest BCUT2D eigenvalue weighted by atomic mass is 16.5. The first-order valence-corrected chi connectivity index (χ1v) is 9.64. The third-order valence-electron chi connectivity index (χ3n) is 5.18. The van der Waals surface area contributed by atoms with Crippen molar-refractivity contribution in [1.29, 1.82) is 0 Å². The van der Waals surface area contributed by atoms with E-state index in [2.05, 4.69) is 47.6 Å². The van der Waals surface area contributed by atoms with Crippen molar-refractivity contribution in [2.75, 3.05) is 12.4 Å². The first-order chi connectivity index (χ1) is 13.5. The molecule has 0 bridgehead atoms. The predicted molar refractivity (Wildman–Crippen MR) is 111 cm³/mol. The summed E-state index contributed by atoms with van der Waals surface area (Å²) in [6.07, 6.45) is 2.55. The molecule has 0 spiro atoms. The Hall–Kier alpha value is -3.08. The Labute approximate surface area is 165 Å². The van der Waals surface area contributed by atoms with Gasteiger partial charge in [-0.15, -0.1) is 0 Å². The van der Waals surface area contributed by atoms with Crippen LogP contribution in [0.4, 0.5) is 5.69 Å². The highest BCUT2D eigenvalue weighted by Gasteiger charge is 2.31. The lowest BCUT2D eigenvalue weighted by Crippen LogP contribution is -2.15. The quantitative estimate of drug-likeness (QED) is 0.653. The number of carbonyl (C=O) groups excluding carboxylic acids is 1. The molecule has 3 aromatic rings. The number of anilines is 1. The molecule has 28 heavy (non-hydrogen) atoms. The van der Waals surface area contributed by atoms with Crippen molar-refractivity contribution in [3.63, 3.8) is 0 Å². The highest BCUT2D eigenvalue weighted by Crippen LogP contribution is 2.45. The van der Waals surface area contributed by atoms with Gasteiger partial charge in [0.25, 0.3) is 0 Å². The molecule has 5 heteroatoms. The number of amides is 1. The molecule has 2 N–H and O–H groups in total. The van der Waals surface area contributed by atoms with Gasteiger partial charge >= 0.3 is 0 Å². The van der Waals surface area contributed by atoms with Crippen LogP contribution in [0.15, 0.2) is 42.5 Å². The molecule has 0 atom stereocenters. The van der Waals surface area contributed by atoms with Crippen LogP contribution in [-0.2, 0) is 11.2 Å². The maximum Gasteiger partial charge on any atom is 0.228 e. The van der Waals surface area contributed by atoms with Gasteiger partial charge in [0.1, 0.15) is 11.4 Å². The lowest BCUT2D eigenvalue weighted by Gasteiger charge is -2.11. The van der Waals surface area contributed by atoms with Gasteiger partial charge in [-0.1, -0.05) is 35.9 Å². The number of hydrogen-bond acceptors (Lipinski definition) is 3. The molecule has 2 aromatic carbocycles. The van der Waals surface area contributed by atoms with Gasteiger partial charge < -0.3 is 10.1 Å². The maximum atomic E-state index is 12.8. The topological polar surface area (TPSA) is 67.0 Å². The average Bonchev–Trinajstić information content (AvgIpc) is 3.44. The number of aromatic amines is 1. The van der Waals surface area contributed by atoms with Gasteiger partial charge in [-0.25, -0.2) is 0 Å². The van der Waals surface area contributed by atoms with Crippen LogP contribution in [0.25, 0.3) is 11.3 Å². The van der Waals surface area contributed by atoms with Crippen LogP contribution in [0.5, 0.6) is 5.75 Å². The highest BCUT2D eigenvalue weighted by molar-refractivity contribution is 5.97. The number of rotatable bonds is 6. The molecule has 1 aliphatic carbocycles. The van der Waals surface area contributed by atoms with E-state index in [0.29, 0.717) is 12.3 Å². The van der Waals surface area contributed by atoms with Crippen LogP contribution in [0.3, 0.4) is 0 Å². The molecular weight excluding hydrogens is 350 g/mol. The molecule has 1 aromatic heterocycles. The van der Waals surface area contributed by atoms with Gasteiger partial charge in [-0.05, 0) is 49.9 Å². The Kier molecular flexibility index (Phi) is 4.90. The average molecular weight is 375 g/mol. The van der Waals surface area contributed by atoms with Crippen molar-refractivity contribution < 1.29 is 9.53 Å². The van der Waals surface area contributed by atoms with E-state index in [1.807, 2.05) is 24.3 Å². The molecule has 0 aliphatic heterocycles. The van der Waals surface area contributed by atoms with Crippen molar-refractivity contribution in [3.8, 4) is 17.0 Å². The Balaban J connectivity index is 1.62. The van der Waals surface area contributed by atoms with Crippen LogP contribution in [0.2, 0.25) is 0 Å². The van der Waals surface area contributed by atoms with E-state index in [4.69, 9.17) is 4.74 Å². The molecule has 5 nitrogen and oxygen atoms in total. The summed E-state index contributed by atoms with van der Waals surface area (Å²) < 4.78 is 5.25. The summed E-state index contributed by atoms with van der Waals surface area (Å²) in [5, 5.41) is 10.9. The van der Waals surface area contributed by atoms with E-state index >= 15 is 0 Å². The molecule has 144 valence electrons. The number of ether oxygens (including phenoxy) is 1. The molecule has 0 saturated heterocycles. The first kappa shape index (κ1) is 18.3. The number of hydrogen-bond donors (Lipinski definition) is 2. The summed E-state index contributed by atoms with van der Waals surface area (Å²) >= 11 is 0. The fourth-order valence-electron chi connectivity index (χ4n) is 3.58. The molecule has 0 unspecified atom stereocenters. The van der Waals surface area contributed by atoms with Crippen molar-refractivity contribution in [2.24, 2.45) is 0 Å². The summed E-state index contributed by atoms with van der Waals surface area (Å²) in [5.41, 5.74) is 7.00. The number of aryl methyl sites for hydroxylation is 2. The summed E-state index contributed by atoms with van der Waals surface area (Å²) in [7, 11) is 1.63. The SMILES string of the molecule is COc1cccc(CC(=O)Nc2c(-c3ccc(C)cc3C)n[nH]c2C2CC2)c1. The van der Waals surface area contributed by atoms with Crippen molar-refractivity contribution in [2.45, 2.75) is 39.0 Å². The van der Waals surface area contributed by atoms with Gasteiger partial charge in [0, 0.05) is 11.5 Å². The van der Waals surface area contributed by atoms with E-state index < -0.39 is 0 Å². The fourth-order valence-corrected chi connectivity index (χ4v) is 3.58. The van der Waals surface area contributed by atoms with Gasteiger partial charge in [0.2, 0.25) is 5.91 Å². The van der Waals surface area contributed by atoms with E-state index in [0.717, 1.165) is 52.4 Å². The van der Waals surface area contributed by atoms with Gasteiger partial charge in [-0.2, -0.15) is 5.10 Å². The lowest BCUT2D eigenvalue weighted by atomic mass is 10.0. The molecule has 1 aliphatic rings. The molecule has 1 heterocycles.